The fourth-order valence-corrected chi connectivity index (χ4v) is 2.57. The molecule has 1 saturated heterocycles. The Morgan fingerprint density at radius 3 is 3.06 bits per heavy atom. The van der Waals surface area contributed by atoms with Gasteiger partial charge in [-0.3, -0.25) is 0 Å². The Labute approximate surface area is 113 Å². The zero-order chi connectivity index (χ0) is 13.1. The Balaban J connectivity index is 2.27. The number of nitrogens with one attached hydrogen (secondary N) is 1. The number of rotatable bonds is 4. The van der Waals surface area contributed by atoms with Gasteiger partial charge in [-0.15, -0.1) is 0 Å². The standard InChI is InChI=1S/C11H16N3O3Se/c1-12-4-7-5-14(11(18)13-10(7)16)9-3-2-8(6-15)17-9/h5,8-9,12,15H,2-4,6H2,1H3. The number of ether oxygens (including phenoxy) is 1. The molecule has 2 atom stereocenters. The van der Waals surface area contributed by atoms with Crippen LogP contribution in [0.5, 0.6) is 0 Å². The van der Waals surface area contributed by atoms with E-state index in [1.54, 1.807) is 13.2 Å². The monoisotopic (exact) mass is 318 g/mol. The molecule has 1 aliphatic heterocycles. The number of aromatic nitrogens is 2. The molecular formula is C11H16N3O3Se. The molecule has 0 bridgehead atoms. The van der Waals surface area contributed by atoms with Crippen molar-refractivity contribution in [2.45, 2.75) is 31.7 Å². The van der Waals surface area contributed by atoms with Crippen molar-refractivity contribution in [3.63, 3.8) is 0 Å². The van der Waals surface area contributed by atoms with Crippen molar-refractivity contribution in [2.24, 2.45) is 0 Å². The van der Waals surface area contributed by atoms with Crippen LogP contribution in [-0.4, -0.2) is 50.4 Å². The van der Waals surface area contributed by atoms with E-state index in [0.29, 0.717) is 16.8 Å². The second-order valence-corrected chi connectivity index (χ2v) is 5.03. The van der Waals surface area contributed by atoms with Crippen LogP contribution in [0.15, 0.2) is 11.0 Å². The van der Waals surface area contributed by atoms with Gasteiger partial charge in [0.2, 0.25) is 0 Å². The molecule has 0 aliphatic carbocycles. The van der Waals surface area contributed by atoms with Crippen molar-refractivity contribution in [3.8, 4) is 0 Å². The van der Waals surface area contributed by atoms with Gasteiger partial charge in [-0.05, 0) is 0 Å². The minimum atomic E-state index is -0.231. The van der Waals surface area contributed by atoms with Crippen molar-refractivity contribution in [1.29, 1.82) is 0 Å². The van der Waals surface area contributed by atoms with Gasteiger partial charge in [0, 0.05) is 0 Å². The molecule has 2 unspecified atom stereocenters. The van der Waals surface area contributed by atoms with Crippen LogP contribution in [0.4, 0.5) is 0 Å². The minimum absolute atomic E-state index is 0.0241. The summed E-state index contributed by atoms with van der Waals surface area (Å²) in [4.78, 5) is 15.6. The van der Waals surface area contributed by atoms with E-state index in [2.05, 4.69) is 26.3 Å². The second kappa shape index (κ2) is 5.95. The zero-order valence-corrected chi connectivity index (χ0v) is 11.8. The Kier molecular flexibility index (Phi) is 4.53. The molecule has 2 N–H and O–H groups in total. The van der Waals surface area contributed by atoms with Crippen LogP contribution in [0.2, 0.25) is 0 Å². The van der Waals surface area contributed by atoms with Crippen LogP contribution < -0.4 is 15.6 Å². The second-order valence-electron chi connectivity index (χ2n) is 4.26. The molecule has 0 amide bonds. The van der Waals surface area contributed by atoms with Crippen LogP contribution in [-0.2, 0) is 11.3 Å². The van der Waals surface area contributed by atoms with Crippen molar-refractivity contribution in [1.82, 2.24) is 14.9 Å². The molecule has 7 heteroatoms. The summed E-state index contributed by atoms with van der Waals surface area (Å²) in [6.45, 7) is 0.499. The Bertz CT molecular complexity index is 477. The molecular weight excluding hydrogens is 301 g/mol. The summed E-state index contributed by atoms with van der Waals surface area (Å²) in [5, 5.41) is 12.0. The fourth-order valence-electron chi connectivity index (χ4n) is 2.04. The summed E-state index contributed by atoms with van der Waals surface area (Å²) >= 11 is 2.78. The van der Waals surface area contributed by atoms with Crippen LogP contribution >= 0.6 is 0 Å². The Morgan fingerprint density at radius 1 is 1.67 bits per heavy atom. The van der Waals surface area contributed by atoms with Crippen molar-refractivity contribution in [2.75, 3.05) is 13.7 Å². The molecule has 6 nitrogen and oxygen atoms in total. The first-order chi connectivity index (χ1) is 8.65. The molecule has 1 aliphatic rings. The average molecular weight is 317 g/mol. The van der Waals surface area contributed by atoms with Gasteiger partial charge in [-0.25, -0.2) is 0 Å². The molecule has 1 aromatic rings. The van der Waals surface area contributed by atoms with E-state index in [0.717, 1.165) is 12.8 Å². The van der Waals surface area contributed by atoms with Gasteiger partial charge in [0.05, 0.1) is 0 Å². The van der Waals surface area contributed by atoms with Gasteiger partial charge >= 0.3 is 113 Å². The third-order valence-corrected chi connectivity index (χ3v) is 3.59. The van der Waals surface area contributed by atoms with Crippen molar-refractivity contribution >= 4 is 20.7 Å². The van der Waals surface area contributed by atoms with Crippen LogP contribution in [0, 0.1) is 0 Å². The first-order valence-corrected chi connectivity index (χ1v) is 6.71. The summed E-state index contributed by atoms with van der Waals surface area (Å²) in [5.74, 6) is 0. The van der Waals surface area contributed by atoms with Gasteiger partial charge in [0.1, 0.15) is 0 Å². The van der Waals surface area contributed by atoms with Crippen LogP contribution in [0.1, 0.15) is 24.6 Å². The topological polar surface area (TPSA) is 76.4 Å². The summed E-state index contributed by atoms with van der Waals surface area (Å²) in [6.07, 6.45) is 3.10. The zero-order valence-electron chi connectivity index (χ0n) is 10.1. The molecule has 99 valence electrons. The molecule has 18 heavy (non-hydrogen) atoms. The molecule has 1 radical (unpaired) electrons. The van der Waals surface area contributed by atoms with E-state index in [1.165, 1.54) is 0 Å². The van der Waals surface area contributed by atoms with Gasteiger partial charge in [0.15, 0.2) is 0 Å². The summed E-state index contributed by atoms with van der Waals surface area (Å²) < 4.78 is 8.02. The van der Waals surface area contributed by atoms with E-state index < -0.39 is 0 Å². The normalized spacial score (nSPS) is 23.4. The first kappa shape index (κ1) is 13.7. The van der Waals surface area contributed by atoms with Gasteiger partial charge in [0.25, 0.3) is 0 Å². The van der Waals surface area contributed by atoms with E-state index in [4.69, 9.17) is 9.84 Å². The van der Waals surface area contributed by atoms with Gasteiger partial charge in [-0.2, -0.15) is 0 Å². The number of nitrogens with zero attached hydrogens (tertiary/aromatic N) is 2. The first-order valence-electron chi connectivity index (χ1n) is 5.85. The molecule has 1 fully saturated rings. The summed E-state index contributed by atoms with van der Waals surface area (Å²) in [6, 6.07) is 0. The third-order valence-electron chi connectivity index (χ3n) is 2.95. The third kappa shape index (κ3) is 2.81. The van der Waals surface area contributed by atoms with Crippen LogP contribution in [0.3, 0.4) is 0 Å². The number of aliphatic hydroxyl groups is 1. The van der Waals surface area contributed by atoms with Gasteiger partial charge < -0.3 is 0 Å². The maximum atomic E-state index is 11.7. The van der Waals surface area contributed by atoms with Crippen molar-refractivity contribution < 1.29 is 9.84 Å². The SMILES string of the molecule is CNCc1cn(C2CCC(CO)O2)c([Se])nc1=O. The summed E-state index contributed by atoms with van der Waals surface area (Å²) in [5.41, 5.74) is 0.374. The predicted octanol–water partition coefficient (Wildman–Crippen LogP) is -1.57. The quantitative estimate of drug-likeness (QED) is 0.656. The van der Waals surface area contributed by atoms with Gasteiger partial charge in [-0.1, -0.05) is 0 Å². The molecule has 0 aromatic carbocycles. The Morgan fingerprint density at radius 2 is 2.44 bits per heavy atom. The molecule has 0 spiro atoms. The van der Waals surface area contributed by atoms with E-state index in [9.17, 15) is 4.79 Å². The average Bonchev–Trinajstić information content (AvgIpc) is 2.81. The summed E-state index contributed by atoms with van der Waals surface area (Å²) in [7, 11) is 1.78. The van der Waals surface area contributed by atoms with Crippen molar-refractivity contribution in [3.05, 3.63) is 22.1 Å². The molecule has 2 heterocycles. The van der Waals surface area contributed by atoms with E-state index in [-0.39, 0.29) is 24.5 Å². The fraction of sp³-hybridized carbons (Fsp3) is 0.636. The Hall–Kier alpha value is -0.721. The molecule has 1 aromatic heterocycles. The predicted molar refractivity (Wildman–Crippen MR) is 66.9 cm³/mol. The van der Waals surface area contributed by atoms with E-state index in [1.807, 2.05) is 4.57 Å². The molecule has 2 rings (SSSR count). The maximum absolute atomic E-state index is 11.7. The van der Waals surface area contributed by atoms with E-state index >= 15 is 0 Å². The number of hydrogen-bond donors (Lipinski definition) is 2. The number of hydrogen-bond acceptors (Lipinski definition) is 5. The molecule has 0 saturated carbocycles. The number of aliphatic hydroxyl groups excluding tert-OH is 1. The van der Waals surface area contributed by atoms with Crippen LogP contribution in [0.25, 0.3) is 0 Å².